The molecule has 0 amide bonds. The third kappa shape index (κ3) is 4.00. The Bertz CT molecular complexity index is 1080. The second-order valence-electron chi connectivity index (χ2n) is 6.55. The van der Waals surface area contributed by atoms with E-state index in [1.807, 2.05) is 6.07 Å². The maximum atomic E-state index is 13.1. The van der Waals surface area contributed by atoms with Crippen LogP contribution in [0.2, 0.25) is 0 Å². The molecule has 2 aromatic heterocycles. The molecule has 1 aliphatic rings. The Labute approximate surface area is 169 Å². The molecule has 4 rings (SSSR count). The molecular formula is C19H22N6O3S. The molecule has 0 saturated carbocycles. The molecular weight excluding hydrogens is 392 g/mol. The standard InChI is InChI=1S/C19H22N6O3S/c1-28-13-11-22-29(26,27)25(15-6-3-2-4-7-15)19-20-10-9-16(23-19)17-14-21-18-8-5-12-24(17)18/h2-4,6-7,9-10,14,22H,5,8,11-13H2,1H3. The summed E-state index contributed by atoms with van der Waals surface area (Å²) in [5.74, 6) is 1.08. The van der Waals surface area contributed by atoms with Crippen molar-refractivity contribution in [3.8, 4) is 11.4 Å². The summed E-state index contributed by atoms with van der Waals surface area (Å²) in [6.07, 6.45) is 5.32. The first kappa shape index (κ1) is 19.5. The lowest BCUT2D eigenvalue weighted by atomic mass is 10.3. The van der Waals surface area contributed by atoms with Gasteiger partial charge in [-0.1, -0.05) is 18.2 Å². The molecule has 1 aromatic carbocycles. The second-order valence-corrected chi connectivity index (χ2v) is 8.15. The summed E-state index contributed by atoms with van der Waals surface area (Å²) in [6, 6.07) is 10.5. The molecule has 3 heterocycles. The molecule has 0 radical (unpaired) electrons. The highest BCUT2D eigenvalue weighted by Crippen LogP contribution is 2.28. The molecule has 1 N–H and O–H groups in total. The van der Waals surface area contributed by atoms with Gasteiger partial charge in [-0.3, -0.25) is 0 Å². The molecule has 10 heteroatoms. The summed E-state index contributed by atoms with van der Waals surface area (Å²) >= 11 is 0. The molecule has 0 atom stereocenters. The SMILES string of the molecule is COCCNS(=O)(=O)N(c1ccccc1)c1nccc(-c2cnc3n2CCC3)n1. The van der Waals surface area contributed by atoms with E-state index in [1.54, 1.807) is 42.7 Å². The molecule has 0 fully saturated rings. The number of anilines is 2. The van der Waals surface area contributed by atoms with Crippen LogP contribution < -0.4 is 9.03 Å². The molecule has 0 unspecified atom stereocenters. The first-order valence-electron chi connectivity index (χ1n) is 9.32. The zero-order valence-corrected chi connectivity index (χ0v) is 16.8. The van der Waals surface area contributed by atoms with Crippen LogP contribution in [0.5, 0.6) is 0 Å². The maximum Gasteiger partial charge on any atom is 0.308 e. The minimum atomic E-state index is -3.94. The van der Waals surface area contributed by atoms with Crippen molar-refractivity contribution in [3.05, 3.63) is 54.6 Å². The largest absolute Gasteiger partial charge is 0.383 e. The van der Waals surface area contributed by atoms with E-state index < -0.39 is 10.2 Å². The summed E-state index contributed by atoms with van der Waals surface area (Å²) in [5, 5.41) is 0. The van der Waals surface area contributed by atoms with Crippen molar-refractivity contribution in [2.45, 2.75) is 19.4 Å². The monoisotopic (exact) mass is 414 g/mol. The lowest BCUT2D eigenvalue weighted by molar-refractivity contribution is 0.204. The summed E-state index contributed by atoms with van der Waals surface area (Å²) in [4.78, 5) is 13.3. The van der Waals surface area contributed by atoms with Crippen LogP contribution in [0.4, 0.5) is 11.6 Å². The van der Waals surface area contributed by atoms with Gasteiger partial charge in [0.2, 0.25) is 5.95 Å². The summed E-state index contributed by atoms with van der Waals surface area (Å²) < 4.78 is 36.8. The van der Waals surface area contributed by atoms with Gasteiger partial charge in [0.1, 0.15) is 5.82 Å². The van der Waals surface area contributed by atoms with Gasteiger partial charge in [-0.25, -0.2) is 15.0 Å². The van der Waals surface area contributed by atoms with Crippen LogP contribution in [0.3, 0.4) is 0 Å². The van der Waals surface area contributed by atoms with Crippen LogP contribution in [-0.4, -0.2) is 48.2 Å². The fourth-order valence-electron chi connectivity index (χ4n) is 3.31. The molecule has 3 aromatic rings. The predicted octanol–water partition coefficient (Wildman–Crippen LogP) is 1.91. The number of aryl methyl sites for hydroxylation is 1. The zero-order chi connectivity index (χ0) is 20.3. The van der Waals surface area contributed by atoms with E-state index in [9.17, 15) is 8.42 Å². The van der Waals surface area contributed by atoms with Crippen molar-refractivity contribution in [2.75, 3.05) is 24.6 Å². The molecule has 9 nitrogen and oxygen atoms in total. The Morgan fingerprint density at radius 1 is 1.21 bits per heavy atom. The number of methoxy groups -OCH3 is 1. The highest BCUT2D eigenvalue weighted by atomic mass is 32.2. The first-order chi connectivity index (χ1) is 14.1. The van der Waals surface area contributed by atoms with Gasteiger partial charge in [-0.15, -0.1) is 0 Å². The number of benzene rings is 1. The number of nitrogens with one attached hydrogen (secondary N) is 1. The van der Waals surface area contributed by atoms with Gasteiger partial charge >= 0.3 is 10.2 Å². The van der Waals surface area contributed by atoms with E-state index in [2.05, 4.69) is 24.2 Å². The van der Waals surface area contributed by atoms with Crippen LogP contribution in [0.15, 0.2) is 48.8 Å². The third-order valence-corrected chi connectivity index (χ3v) is 6.05. The smallest absolute Gasteiger partial charge is 0.308 e. The Kier molecular flexibility index (Phi) is 5.56. The number of hydrogen-bond acceptors (Lipinski definition) is 6. The van der Waals surface area contributed by atoms with Gasteiger partial charge in [-0.05, 0) is 24.6 Å². The highest BCUT2D eigenvalue weighted by Gasteiger charge is 2.27. The van der Waals surface area contributed by atoms with Crippen molar-refractivity contribution in [1.82, 2.24) is 24.2 Å². The molecule has 0 bridgehead atoms. The van der Waals surface area contributed by atoms with Gasteiger partial charge in [0.05, 0.1) is 29.9 Å². The average molecular weight is 414 g/mol. The van der Waals surface area contributed by atoms with E-state index in [-0.39, 0.29) is 19.1 Å². The lowest BCUT2D eigenvalue weighted by Gasteiger charge is -2.23. The molecule has 0 saturated heterocycles. The van der Waals surface area contributed by atoms with Crippen molar-refractivity contribution in [2.24, 2.45) is 0 Å². The Hall–Kier alpha value is -2.82. The molecule has 1 aliphatic heterocycles. The normalized spacial score (nSPS) is 13.4. The number of nitrogens with zero attached hydrogens (tertiary/aromatic N) is 5. The van der Waals surface area contributed by atoms with Crippen LogP contribution >= 0.6 is 0 Å². The maximum absolute atomic E-state index is 13.1. The van der Waals surface area contributed by atoms with Crippen LogP contribution in [0.25, 0.3) is 11.4 Å². The van der Waals surface area contributed by atoms with Gasteiger partial charge < -0.3 is 9.30 Å². The molecule has 0 spiro atoms. The van der Waals surface area contributed by atoms with E-state index in [4.69, 9.17) is 4.74 Å². The topological polar surface area (TPSA) is 102 Å². The Morgan fingerprint density at radius 3 is 2.83 bits per heavy atom. The number of aromatic nitrogens is 4. The van der Waals surface area contributed by atoms with Crippen molar-refractivity contribution >= 4 is 21.8 Å². The van der Waals surface area contributed by atoms with E-state index >= 15 is 0 Å². The summed E-state index contributed by atoms with van der Waals surface area (Å²) in [7, 11) is -2.43. The van der Waals surface area contributed by atoms with Crippen LogP contribution in [0.1, 0.15) is 12.2 Å². The Morgan fingerprint density at radius 2 is 2.03 bits per heavy atom. The predicted molar refractivity (Wildman–Crippen MR) is 109 cm³/mol. The van der Waals surface area contributed by atoms with Crippen molar-refractivity contribution in [1.29, 1.82) is 0 Å². The highest BCUT2D eigenvalue weighted by molar-refractivity contribution is 7.91. The van der Waals surface area contributed by atoms with Crippen molar-refractivity contribution in [3.63, 3.8) is 0 Å². The minimum Gasteiger partial charge on any atom is -0.383 e. The lowest BCUT2D eigenvalue weighted by Crippen LogP contribution is -2.40. The van der Waals surface area contributed by atoms with Crippen LogP contribution in [0, 0.1) is 0 Å². The average Bonchev–Trinajstić information content (AvgIpc) is 3.33. The quantitative estimate of drug-likeness (QED) is 0.565. The summed E-state index contributed by atoms with van der Waals surface area (Å²) in [5.41, 5.74) is 1.93. The second kappa shape index (κ2) is 8.27. The number of hydrogen-bond donors (Lipinski definition) is 1. The number of rotatable bonds is 8. The summed E-state index contributed by atoms with van der Waals surface area (Å²) in [6.45, 7) is 1.27. The number of ether oxygens (including phenoxy) is 1. The fraction of sp³-hybridized carbons (Fsp3) is 0.316. The zero-order valence-electron chi connectivity index (χ0n) is 16.0. The minimum absolute atomic E-state index is 0.0622. The molecule has 152 valence electrons. The van der Waals surface area contributed by atoms with Crippen molar-refractivity contribution < 1.29 is 13.2 Å². The third-order valence-electron chi connectivity index (χ3n) is 4.63. The van der Waals surface area contributed by atoms with E-state index in [1.165, 1.54) is 7.11 Å². The molecule has 0 aliphatic carbocycles. The fourth-order valence-corrected chi connectivity index (χ4v) is 4.49. The Balaban J connectivity index is 1.75. The number of fused-ring (bicyclic) bond motifs is 1. The first-order valence-corrected chi connectivity index (χ1v) is 10.8. The van der Waals surface area contributed by atoms with E-state index in [0.717, 1.165) is 35.2 Å². The van der Waals surface area contributed by atoms with Crippen LogP contribution in [-0.2, 0) is 27.9 Å². The van der Waals surface area contributed by atoms with Gasteiger partial charge in [-0.2, -0.15) is 17.4 Å². The molecule has 29 heavy (non-hydrogen) atoms. The van der Waals surface area contributed by atoms with Gasteiger partial charge in [0.25, 0.3) is 0 Å². The number of para-hydroxylation sites is 1. The van der Waals surface area contributed by atoms with E-state index in [0.29, 0.717) is 11.4 Å². The van der Waals surface area contributed by atoms with Gasteiger partial charge in [0, 0.05) is 32.8 Å². The van der Waals surface area contributed by atoms with Gasteiger partial charge in [0.15, 0.2) is 0 Å². The number of imidazole rings is 1.